The van der Waals surface area contributed by atoms with Crippen LogP contribution in [0, 0.1) is 11.2 Å². The molecule has 0 saturated carbocycles. The number of alkyl halides is 5. The average molecular weight is 206 g/mol. The molecule has 0 spiro atoms. The van der Waals surface area contributed by atoms with E-state index in [0.717, 1.165) is 5.25 Å². The van der Waals surface area contributed by atoms with E-state index in [9.17, 15) is 26.2 Å². The van der Waals surface area contributed by atoms with Gasteiger partial charge >= 0.3 is 11.4 Å². The van der Waals surface area contributed by atoms with Gasteiger partial charge in [0.15, 0.2) is 10.8 Å². The molecule has 0 saturated heterocycles. The van der Waals surface area contributed by atoms with Gasteiger partial charge in [-0.15, -0.1) is 0 Å². The van der Waals surface area contributed by atoms with Gasteiger partial charge in [-0.25, -0.2) is 4.21 Å². The highest BCUT2D eigenvalue weighted by Crippen LogP contribution is 2.17. The Hall–Kier alpha value is -0.640. The van der Waals surface area contributed by atoms with Gasteiger partial charge in [-0.3, -0.25) is 0 Å². The van der Waals surface area contributed by atoms with Crippen LogP contribution in [0.25, 0.3) is 0 Å². The molecule has 0 fully saturated rings. The van der Waals surface area contributed by atoms with Crippen molar-refractivity contribution >= 4 is 10.8 Å². The topological polar surface area (TPSA) is 17.1 Å². The maximum atomic E-state index is 11.9. The molecule has 1 atom stereocenters. The molecular weight excluding hydrogens is 203 g/mol. The van der Waals surface area contributed by atoms with Crippen molar-refractivity contribution in [2.75, 3.05) is 0 Å². The summed E-state index contributed by atoms with van der Waals surface area (Å²) in [6.07, 6.45) is -4.89. The van der Waals surface area contributed by atoms with Crippen molar-refractivity contribution < 1.29 is 26.2 Å². The van der Waals surface area contributed by atoms with Crippen molar-refractivity contribution in [3.63, 3.8) is 0 Å². The zero-order chi connectivity index (χ0) is 9.99. The standard InChI is InChI=1S/C5H3F5OS/c1-4(6,7)12(11)3-2-5(8,9)10/h1H3. The lowest BCUT2D eigenvalue weighted by Crippen LogP contribution is -2.16. The second-order valence-corrected chi connectivity index (χ2v) is 3.26. The zero-order valence-corrected chi connectivity index (χ0v) is 6.52. The van der Waals surface area contributed by atoms with Crippen molar-refractivity contribution in [1.82, 2.24) is 0 Å². The van der Waals surface area contributed by atoms with Crippen LogP contribution in [-0.4, -0.2) is 15.6 Å². The number of hydrogen-bond acceptors (Lipinski definition) is 1. The molecule has 0 radical (unpaired) electrons. The van der Waals surface area contributed by atoms with Crippen molar-refractivity contribution in [3.05, 3.63) is 0 Å². The van der Waals surface area contributed by atoms with Crippen molar-refractivity contribution in [2.45, 2.75) is 18.4 Å². The summed E-state index contributed by atoms with van der Waals surface area (Å²) in [5, 5.41) is -2.81. The summed E-state index contributed by atoms with van der Waals surface area (Å²) in [7, 11) is -3.10. The average Bonchev–Trinajstić information content (AvgIpc) is 1.78. The van der Waals surface area contributed by atoms with E-state index >= 15 is 0 Å². The summed E-state index contributed by atoms with van der Waals surface area (Å²) in [6.45, 7) is 0.230. The van der Waals surface area contributed by atoms with E-state index in [1.54, 1.807) is 0 Å². The van der Waals surface area contributed by atoms with Crippen LogP contribution in [0.2, 0.25) is 0 Å². The van der Waals surface area contributed by atoms with E-state index in [2.05, 4.69) is 0 Å². The van der Waals surface area contributed by atoms with Crippen LogP contribution >= 0.6 is 0 Å². The number of rotatable bonds is 1. The summed E-state index contributed by atoms with van der Waals surface area (Å²) >= 11 is 0. The molecule has 0 aromatic rings. The summed E-state index contributed by atoms with van der Waals surface area (Å²) in [4.78, 5) is 0. The Kier molecular flexibility index (Phi) is 3.21. The largest absolute Gasteiger partial charge is 0.458 e. The van der Waals surface area contributed by atoms with Crippen LogP contribution in [-0.2, 0) is 10.8 Å². The molecule has 0 amide bonds. The fraction of sp³-hybridized carbons (Fsp3) is 0.600. The third kappa shape index (κ3) is 5.07. The van der Waals surface area contributed by atoms with Gasteiger partial charge < -0.3 is 0 Å². The van der Waals surface area contributed by atoms with Crippen molar-refractivity contribution in [2.24, 2.45) is 0 Å². The highest BCUT2D eigenvalue weighted by Gasteiger charge is 2.31. The molecule has 0 aliphatic heterocycles. The quantitative estimate of drug-likeness (QED) is 0.472. The van der Waals surface area contributed by atoms with Crippen LogP contribution < -0.4 is 0 Å². The summed E-state index contributed by atoms with van der Waals surface area (Å²) in [5.41, 5.74) is 0. The Bertz CT molecular complexity index is 239. The smallest absolute Gasteiger partial charge is 0.240 e. The minimum Gasteiger partial charge on any atom is -0.240 e. The Morgan fingerprint density at radius 1 is 1.17 bits per heavy atom. The maximum absolute atomic E-state index is 11.9. The van der Waals surface area contributed by atoms with Gasteiger partial charge in [0, 0.05) is 18.1 Å². The van der Waals surface area contributed by atoms with Gasteiger partial charge in [-0.05, 0) is 0 Å². The number of halogens is 5. The summed E-state index contributed by atoms with van der Waals surface area (Å²) in [5.74, 6) is 0.498. The molecule has 0 heterocycles. The third-order valence-corrected chi connectivity index (χ3v) is 1.55. The molecule has 0 aromatic carbocycles. The lowest BCUT2D eigenvalue weighted by molar-refractivity contribution is -0.0696. The molecule has 7 heteroatoms. The third-order valence-electron chi connectivity index (χ3n) is 0.611. The van der Waals surface area contributed by atoms with Gasteiger partial charge in [-0.1, -0.05) is 0 Å². The first-order valence-electron chi connectivity index (χ1n) is 2.52. The molecular formula is C5H3F5OS. The fourth-order valence-corrected chi connectivity index (χ4v) is 0.581. The normalized spacial score (nSPS) is 14.8. The van der Waals surface area contributed by atoms with Crippen LogP contribution in [0.1, 0.15) is 6.92 Å². The van der Waals surface area contributed by atoms with Crippen molar-refractivity contribution in [1.29, 1.82) is 0 Å². The lowest BCUT2D eigenvalue weighted by Gasteiger charge is -2.02. The highest BCUT2D eigenvalue weighted by atomic mass is 32.2. The minimum atomic E-state index is -4.89. The van der Waals surface area contributed by atoms with E-state index in [1.807, 2.05) is 0 Å². The van der Waals surface area contributed by atoms with Crippen LogP contribution in [0.15, 0.2) is 0 Å². The molecule has 0 aliphatic rings. The van der Waals surface area contributed by atoms with E-state index in [4.69, 9.17) is 0 Å². The highest BCUT2D eigenvalue weighted by molar-refractivity contribution is 7.90. The molecule has 0 bridgehead atoms. The van der Waals surface area contributed by atoms with Crippen molar-refractivity contribution in [3.8, 4) is 11.2 Å². The van der Waals surface area contributed by atoms with Crippen LogP contribution in [0.4, 0.5) is 22.0 Å². The van der Waals surface area contributed by atoms with Gasteiger partial charge in [0.25, 0.3) is 0 Å². The predicted octanol–water partition coefficient (Wildman–Crippen LogP) is 1.87. The Morgan fingerprint density at radius 2 is 1.58 bits per heavy atom. The van der Waals surface area contributed by atoms with Gasteiger partial charge in [0.05, 0.1) is 0 Å². The maximum Gasteiger partial charge on any atom is 0.458 e. The van der Waals surface area contributed by atoms with Gasteiger partial charge in [0.1, 0.15) is 0 Å². The molecule has 1 nitrogen and oxygen atoms in total. The first-order valence-corrected chi connectivity index (χ1v) is 3.67. The molecule has 1 unspecified atom stereocenters. The first kappa shape index (κ1) is 11.4. The molecule has 12 heavy (non-hydrogen) atoms. The summed E-state index contributed by atoms with van der Waals surface area (Å²) in [6, 6.07) is 0. The number of hydrogen-bond donors (Lipinski definition) is 0. The van der Waals surface area contributed by atoms with Crippen LogP contribution in [0.3, 0.4) is 0 Å². The van der Waals surface area contributed by atoms with E-state index in [-0.39, 0.29) is 6.92 Å². The molecule has 0 rings (SSSR count). The molecule has 0 aliphatic carbocycles. The lowest BCUT2D eigenvalue weighted by atomic mass is 10.7. The van der Waals surface area contributed by atoms with E-state index in [0.29, 0.717) is 5.92 Å². The minimum absolute atomic E-state index is 0.230. The Labute approximate surface area is 67.4 Å². The monoisotopic (exact) mass is 206 g/mol. The zero-order valence-electron chi connectivity index (χ0n) is 5.71. The van der Waals surface area contributed by atoms with Crippen LogP contribution in [0.5, 0.6) is 0 Å². The predicted molar refractivity (Wildman–Crippen MR) is 32.6 cm³/mol. The molecule has 0 N–H and O–H groups in total. The van der Waals surface area contributed by atoms with Gasteiger partial charge in [-0.2, -0.15) is 22.0 Å². The fourth-order valence-electron chi connectivity index (χ4n) is 0.194. The second kappa shape index (κ2) is 3.39. The van der Waals surface area contributed by atoms with E-state index in [1.165, 1.54) is 0 Å². The Morgan fingerprint density at radius 3 is 1.83 bits per heavy atom. The Balaban J connectivity index is 4.46. The van der Waals surface area contributed by atoms with E-state index < -0.39 is 22.2 Å². The first-order chi connectivity index (χ1) is 5.13. The SMILES string of the molecule is CC(F)(F)S(=O)C#CC(F)(F)F. The summed E-state index contributed by atoms with van der Waals surface area (Å²) < 4.78 is 67.8. The second-order valence-electron chi connectivity index (χ2n) is 1.80. The van der Waals surface area contributed by atoms with Gasteiger partial charge in [0.2, 0.25) is 0 Å². The molecule has 70 valence electrons. The molecule has 0 aromatic heterocycles.